The van der Waals surface area contributed by atoms with Gasteiger partial charge in [-0.1, -0.05) is 26.8 Å². The van der Waals surface area contributed by atoms with Crippen molar-refractivity contribution in [2.75, 3.05) is 6.61 Å². The van der Waals surface area contributed by atoms with Crippen LogP contribution in [0.2, 0.25) is 0 Å². The van der Waals surface area contributed by atoms with Gasteiger partial charge in [0.15, 0.2) is 18.2 Å². The first kappa shape index (κ1) is 17.4. The van der Waals surface area contributed by atoms with Crippen LogP contribution in [0.4, 0.5) is 4.39 Å². The molecular formula is C16H25FN2O2. The molecule has 1 rings (SSSR count). The number of carbonyl (C=O) groups excluding carboxylic acids is 1. The molecule has 0 spiro atoms. The van der Waals surface area contributed by atoms with E-state index in [0.717, 1.165) is 12.0 Å². The van der Waals surface area contributed by atoms with Crippen molar-refractivity contribution in [3.8, 4) is 5.75 Å². The molecule has 0 aliphatic rings. The van der Waals surface area contributed by atoms with E-state index in [0.29, 0.717) is 12.6 Å². The number of hydrogen-bond donors (Lipinski definition) is 2. The molecule has 0 radical (unpaired) electrons. The van der Waals surface area contributed by atoms with Gasteiger partial charge in [-0.25, -0.2) is 4.39 Å². The van der Waals surface area contributed by atoms with Crippen LogP contribution in [0.25, 0.3) is 0 Å². The Balaban J connectivity index is 2.51. The summed E-state index contributed by atoms with van der Waals surface area (Å²) in [7, 11) is 0. The van der Waals surface area contributed by atoms with Crippen LogP contribution in [0.1, 0.15) is 39.7 Å². The lowest BCUT2D eigenvalue weighted by Gasteiger charge is -2.13. The minimum Gasteiger partial charge on any atom is -0.481 e. The zero-order valence-corrected chi connectivity index (χ0v) is 13.2. The van der Waals surface area contributed by atoms with E-state index in [1.54, 1.807) is 12.1 Å². The molecule has 5 heteroatoms. The van der Waals surface area contributed by atoms with Crippen molar-refractivity contribution in [3.05, 3.63) is 29.6 Å². The van der Waals surface area contributed by atoms with E-state index in [1.165, 1.54) is 6.07 Å². The molecule has 0 aliphatic heterocycles. The predicted molar refractivity (Wildman–Crippen MR) is 81.8 cm³/mol. The Morgan fingerprint density at radius 3 is 2.62 bits per heavy atom. The van der Waals surface area contributed by atoms with Crippen LogP contribution < -0.4 is 15.4 Å². The molecular weight excluding hydrogens is 271 g/mol. The summed E-state index contributed by atoms with van der Waals surface area (Å²) < 4.78 is 19.1. The van der Waals surface area contributed by atoms with Crippen molar-refractivity contribution in [2.24, 2.45) is 0 Å². The number of hydrogen-bond acceptors (Lipinski definition) is 3. The van der Waals surface area contributed by atoms with Gasteiger partial charge in [-0.15, -0.1) is 0 Å². The van der Waals surface area contributed by atoms with E-state index in [4.69, 9.17) is 4.74 Å². The zero-order valence-electron chi connectivity index (χ0n) is 13.2. The van der Waals surface area contributed by atoms with E-state index >= 15 is 0 Å². The van der Waals surface area contributed by atoms with Gasteiger partial charge >= 0.3 is 0 Å². The van der Waals surface area contributed by atoms with Crippen LogP contribution in [0.15, 0.2) is 18.2 Å². The molecule has 21 heavy (non-hydrogen) atoms. The van der Waals surface area contributed by atoms with E-state index in [-0.39, 0.29) is 24.3 Å². The molecule has 1 aromatic carbocycles. The number of ether oxygens (including phenoxy) is 1. The molecule has 0 aromatic heterocycles. The van der Waals surface area contributed by atoms with Gasteiger partial charge < -0.3 is 15.4 Å². The van der Waals surface area contributed by atoms with Crippen molar-refractivity contribution in [1.82, 2.24) is 10.6 Å². The van der Waals surface area contributed by atoms with Crippen molar-refractivity contribution < 1.29 is 13.9 Å². The highest BCUT2D eigenvalue weighted by molar-refractivity contribution is 5.77. The summed E-state index contributed by atoms with van der Waals surface area (Å²) in [4.78, 5) is 11.6. The number of carbonyl (C=O) groups is 1. The Kier molecular flexibility index (Phi) is 7.15. The van der Waals surface area contributed by atoms with E-state index in [1.807, 2.05) is 27.7 Å². The summed E-state index contributed by atoms with van der Waals surface area (Å²) in [5, 5.41) is 5.98. The fraction of sp³-hybridized carbons (Fsp3) is 0.562. The first-order chi connectivity index (χ1) is 9.92. The summed E-state index contributed by atoms with van der Waals surface area (Å²) in [6.07, 6.45) is 0.845. The van der Waals surface area contributed by atoms with Crippen LogP contribution in [0.3, 0.4) is 0 Å². The lowest BCUT2D eigenvalue weighted by molar-refractivity contribution is -0.123. The van der Waals surface area contributed by atoms with Crippen LogP contribution in [0, 0.1) is 5.82 Å². The summed E-state index contributed by atoms with van der Waals surface area (Å²) in [6.45, 7) is 8.38. The average molecular weight is 296 g/mol. The second-order valence-electron chi connectivity index (χ2n) is 5.47. The molecule has 2 N–H and O–H groups in total. The molecule has 118 valence electrons. The average Bonchev–Trinajstić information content (AvgIpc) is 2.43. The molecule has 0 aliphatic carbocycles. The first-order valence-electron chi connectivity index (χ1n) is 7.36. The number of halogens is 1. The SMILES string of the molecule is CCC(C)NC(=O)COc1ccc(CNC(C)C)cc1F. The normalized spacial score (nSPS) is 12.3. The van der Waals surface area contributed by atoms with E-state index < -0.39 is 5.82 Å². The predicted octanol–water partition coefficient (Wildman–Crippen LogP) is 2.62. The third-order valence-corrected chi connectivity index (χ3v) is 3.09. The Morgan fingerprint density at radius 2 is 2.05 bits per heavy atom. The van der Waals surface area contributed by atoms with Gasteiger partial charge in [-0.3, -0.25) is 4.79 Å². The fourth-order valence-corrected chi connectivity index (χ4v) is 1.66. The van der Waals surface area contributed by atoms with E-state index in [9.17, 15) is 9.18 Å². The molecule has 0 saturated carbocycles. The minimum atomic E-state index is -0.450. The fourth-order valence-electron chi connectivity index (χ4n) is 1.66. The second-order valence-corrected chi connectivity index (χ2v) is 5.47. The Morgan fingerprint density at radius 1 is 1.33 bits per heavy atom. The monoisotopic (exact) mass is 296 g/mol. The Hall–Kier alpha value is -1.62. The molecule has 1 atom stereocenters. The molecule has 0 saturated heterocycles. The van der Waals surface area contributed by atoms with Crippen LogP contribution in [-0.4, -0.2) is 24.6 Å². The number of benzene rings is 1. The van der Waals surface area contributed by atoms with E-state index in [2.05, 4.69) is 10.6 Å². The van der Waals surface area contributed by atoms with Gasteiger partial charge in [0.05, 0.1) is 0 Å². The molecule has 0 bridgehead atoms. The number of nitrogens with one attached hydrogen (secondary N) is 2. The van der Waals surface area contributed by atoms with Crippen LogP contribution in [-0.2, 0) is 11.3 Å². The van der Waals surface area contributed by atoms with Gasteiger partial charge in [0, 0.05) is 18.6 Å². The van der Waals surface area contributed by atoms with Crippen molar-refractivity contribution in [3.63, 3.8) is 0 Å². The Bertz CT molecular complexity index is 464. The molecule has 1 aromatic rings. The van der Waals surface area contributed by atoms with Gasteiger partial charge in [-0.05, 0) is 31.0 Å². The largest absolute Gasteiger partial charge is 0.481 e. The molecule has 0 fully saturated rings. The highest BCUT2D eigenvalue weighted by atomic mass is 19.1. The van der Waals surface area contributed by atoms with Gasteiger partial charge in [0.25, 0.3) is 5.91 Å². The third kappa shape index (κ3) is 6.58. The van der Waals surface area contributed by atoms with Crippen molar-refractivity contribution >= 4 is 5.91 Å². The summed E-state index contributed by atoms with van der Waals surface area (Å²) in [5.74, 6) is -0.591. The topological polar surface area (TPSA) is 50.4 Å². The molecule has 4 nitrogen and oxygen atoms in total. The van der Waals surface area contributed by atoms with Gasteiger partial charge in [0.2, 0.25) is 0 Å². The first-order valence-corrected chi connectivity index (χ1v) is 7.36. The zero-order chi connectivity index (χ0) is 15.8. The van der Waals surface area contributed by atoms with Crippen molar-refractivity contribution in [2.45, 2.75) is 52.7 Å². The lowest BCUT2D eigenvalue weighted by Crippen LogP contribution is -2.35. The second kappa shape index (κ2) is 8.62. The quantitative estimate of drug-likeness (QED) is 0.775. The summed E-state index contributed by atoms with van der Waals surface area (Å²) in [5.41, 5.74) is 0.845. The van der Waals surface area contributed by atoms with Crippen molar-refractivity contribution in [1.29, 1.82) is 0 Å². The highest BCUT2D eigenvalue weighted by Crippen LogP contribution is 2.18. The minimum absolute atomic E-state index is 0.0930. The van der Waals surface area contributed by atoms with Crippen LogP contribution >= 0.6 is 0 Å². The molecule has 1 unspecified atom stereocenters. The molecule has 1 amide bonds. The third-order valence-electron chi connectivity index (χ3n) is 3.09. The molecule has 0 heterocycles. The smallest absolute Gasteiger partial charge is 0.258 e. The highest BCUT2D eigenvalue weighted by Gasteiger charge is 2.09. The lowest BCUT2D eigenvalue weighted by atomic mass is 10.2. The standard InChI is InChI=1S/C16H25FN2O2/c1-5-12(4)19-16(20)10-21-15-7-6-13(8-14(15)17)9-18-11(2)3/h6-8,11-12,18H,5,9-10H2,1-4H3,(H,19,20). The maximum Gasteiger partial charge on any atom is 0.258 e. The van der Waals surface area contributed by atoms with Gasteiger partial charge in [-0.2, -0.15) is 0 Å². The maximum absolute atomic E-state index is 13.9. The summed E-state index contributed by atoms with van der Waals surface area (Å²) in [6, 6.07) is 5.21. The maximum atomic E-state index is 13.9. The van der Waals surface area contributed by atoms with Crippen LogP contribution in [0.5, 0.6) is 5.75 Å². The Labute approximate surface area is 126 Å². The van der Waals surface area contributed by atoms with Gasteiger partial charge in [0.1, 0.15) is 0 Å². The summed E-state index contributed by atoms with van der Waals surface area (Å²) >= 11 is 0. The number of rotatable bonds is 8. The number of amides is 1.